The van der Waals surface area contributed by atoms with Gasteiger partial charge in [0.25, 0.3) is 0 Å². The highest BCUT2D eigenvalue weighted by Crippen LogP contribution is 2.40. The topological polar surface area (TPSA) is 359 Å². The van der Waals surface area contributed by atoms with Crippen molar-refractivity contribution in [3.63, 3.8) is 0 Å². The number of ether oxygens (including phenoxy) is 14. The van der Waals surface area contributed by atoms with Crippen molar-refractivity contribution in [3.8, 4) is 0 Å². The van der Waals surface area contributed by atoms with Crippen LogP contribution in [0, 0.1) is 11.8 Å². The van der Waals surface area contributed by atoms with Gasteiger partial charge in [-0.15, -0.1) is 0 Å². The number of aliphatic hydroxyl groups is 8. The van der Waals surface area contributed by atoms with E-state index in [-0.39, 0.29) is 18.9 Å². The lowest BCUT2D eigenvalue weighted by molar-refractivity contribution is -0.400. The van der Waals surface area contributed by atoms with Gasteiger partial charge < -0.3 is 107 Å². The van der Waals surface area contributed by atoms with Crippen LogP contribution in [0.4, 0.5) is 0 Å². The first-order valence-electron chi connectivity index (χ1n) is 33.0. The Kier molecular flexibility index (Phi) is 29.3. The molecule has 28 atom stereocenters. The molecular weight excluding hydrogens is 1200 g/mol. The van der Waals surface area contributed by atoms with Crippen molar-refractivity contribution in [1.29, 1.82) is 0 Å². The first kappa shape index (κ1) is 74.5. The Labute approximate surface area is 533 Å². The number of esters is 4. The number of carbonyl (C=O) groups is 4. The zero-order valence-corrected chi connectivity index (χ0v) is 53.9. The van der Waals surface area contributed by atoms with E-state index < -0.39 is 196 Å². The lowest BCUT2D eigenvalue weighted by Crippen LogP contribution is -2.68. The van der Waals surface area contributed by atoms with E-state index in [2.05, 4.69) is 6.92 Å². The Morgan fingerprint density at radius 3 is 1.78 bits per heavy atom. The van der Waals surface area contributed by atoms with Crippen molar-refractivity contribution < 1.29 is 126 Å². The van der Waals surface area contributed by atoms with E-state index in [0.717, 1.165) is 57.4 Å². The van der Waals surface area contributed by atoms with E-state index in [1.807, 2.05) is 0 Å². The number of fused-ring (bicyclic) bond motifs is 3. The van der Waals surface area contributed by atoms with Crippen molar-refractivity contribution in [2.45, 2.75) is 318 Å². The normalized spacial score (nSPS) is 40.6. The lowest BCUT2D eigenvalue weighted by Gasteiger charge is -2.51. The Hall–Kier alpha value is -3.88. The molecule has 2 bridgehead atoms. The fourth-order valence-corrected chi connectivity index (χ4v) is 12.0. The summed E-state index contributed by atoms with van der Waals surface area (Å²) in [5.41, 5.74) is 0.655. The smallest absolute Gasteiger partial charge is 0.331 e. The van der Waals surface area contributed by atoms with Gasteiger partial charge in [0.05, 0.1) is 49.0 Å². The average Bonchev–Trinajstić information content (AvgIpc) is 0.809. The van der Waals surface area contributed by atoms with E-state index in [0.29, 0.717) is 37.7 Å². The van der Waals surface area contributed by atoms with E-state index in [9.17, 15) is 60.0 Å². The Morgan fingerprint density at radius 1 is 0.538 bits per heavy atom. The zero-order chi connectivity index (χ0) is 66.2. The number of benzene rings is 1. The summed E-state index contributed by atoms with van der Waals surface area (Å²) >= 11 is 0. The highest BCUT2D eigenvalue weighted by atomic mass is 16.8. The molecule has 6 fully saturated rings. The summed E-state index contributed by atoms with van der Waals surface area (Å²) in [5.74, 6) is -4.55. The van der Waals surface area contributed by atoms with Gasteiger partial charge in [0, 0.05) is 12.5 Å². The molecule has 8 N–H and O–H groups in total. The second kappa shape index (κ2) is 35.7. The molecule has 0 aromatic heterocycles. The highest BCUT2D eigenvalue weighted by molar-refractivity contribution is 5.87. The van der Waals surface area contributed by atoms with Gasteiger partial charge in [-0.25, -0.2) is 4.79 Å². The van der Waals surface area contributed by atoms with E-state index in [1.54, 1.807) is 58.0 Å². The highest BCUT2D eigenvalue weighted by Gasteiger charge is 2.59. The predicted octanol–water partition coefficient (Wildman–Crippen LogP) is 3.69. The minimum absolute atomic E-state index is 0.0705. The second-order valence-electron chi connectivity index (χ2n) is 25.2. The summed E-state index contributed by atoms with van der Waals surface area (Å²) in [7, 11) is 0. The molecule has 1 aromatic carbocycles. The van der Waals surface area contributed by atoms with Crippen LogP contribution in [0.1, 0.15) is 164 Å². The maximum absolute atomic E-state index is 14.3. The fraction of sp³-hybridized carbons (Fsp3) is 0.815. The van der Waals surface area contributed by atoms with Crippen molar-refractivity contribution in [1.82, 2.24) is 0 Å². The number of rotatable bonds is 20. The molecule has 6 heterocycles. The van der Waals surface area contributed by atoms with Gasteiger partial charge in [0.2, 0.25) is 0 Å². The molecule has 26 heteroatoms. The Balaban J connectivity index is 1.25. The predicted molar refractivity (Wildman–Crippen MR) is 319 cm³/mol. The molecule has 26 nitrogen and oxygen atoms in total. The number of hydrogen-bond donors (Lipinski definition) is 8. The molecule has 0 saturated carbocycles. The van der Waals surface area contributed by atoms with Gasteiger partial charge in [0.15, 0.2) is 55.9 Å². The van der Waals surface area contributed by atoms with Crippen molar-refractivity contribution in [2.75, 3.05) is 6.61 Å². The van der Waals surface area contributed by atoms with Crippen molar-refractivity contribution >= 4 is 30.0 Å². The van der Waals surface area contributed by atoms with Crippen LogP contribution < -0.4 is 0 Å². The minimum atomic E-state index is -1.96. The zero-order valence-electron chi connectivity index (χ0n) is 53.9. The van der Waals surface area contributed by atoms with E-state index >= 15 is 0 Å². The van der Waals surface area contributed by atoms with Gasteiger partial charge in [-0.3, -0.25) is 14.4 Å². The third-order valence-electron chi connectivity index (χ3n) is 18.2. The molecule has 0 radical (unpaired) electrons. The summed E-state index contributed by atoms with van der Waals surface area (Å²) in [6.45, 7) is 14.1. The monoisotopic (exact) mass is 1300 g/mol. The first-order chi connectivity index (χ1) is 43.5. The quantitative estimate of drug-likeness (QED) is 0.0399. The average molecular weight is 1300 g/mol. The Bertz CT molecular complexity index is 2400. The minimum Gasteiger partial charge on any atom is -0.456 e. The molecule has 7 rings (SSSR count). The standard InChI is InChI=1S/C65H102O26/c1-10-13-20-27-40-28-23-17-15-14-16-18-24-29-42(67)84-55-50(75)63(90-56-47(72)45(70)41(32-66)83-64(56)82-40)80-37(8)52(55)89-65-58(87-60(77)34(5)12-3)57(91-61-48(73)46(71)44(69)35(6)78-61)53(38(9)81-65)88-62-49(74)54(51(36(7)79-62)86-59(76)33(4)11-2)85-43(68)31-30-39-25-21-19-22-26-39/h19,21-22,25-26,30-31,33-38,40-41,44-58,61-66,69-75H,10-18,20,23-24,27-29,32H2,1-9H3/b31-30+/t33?,34?,35-,36+,37+,38+,40+,41-,44-,45-,46+,47+,48+,49-,50-,51+,52+,53+,54+,55+,56-,57-,58-,61-,62+,63+,64-,65+/m1/s1. The van der Waals surface area contributed by atoms with Crippen LogP contribution >= 0.6 is 0 Å². The SMILES string of the molecule is CCCCC[C@H]1CCCCCCCCCC(=O)O[C@H]2[C@@H](O)[C@H](O[C@H]3[C@H](O1)O[C@H](CO)[C@@H](O)[C@@H]3O)O[C@@H](C)[C@@H]2O[C@@H]1O[C@@H](C)[C@H](O[C@@H]2O[C@@H](C)[C@H](OC(=O)C(C)CC)[C@@H](OC(=O)/C=C/c3ccccc3)[C@H]2O)[C@@H](O[C@H]2O[C@H](C)[C@@H](O)[C@H](O)[C@@H]2O)[C@H]1OC(=O)C(C)CC. The molecule has 0 aliphatic carbocycles. The van der Waals surface area contributed by atoms with Crippen LogP contribution in [0.5, 0.6) is 0 Å². The van der Waals surface area contributed by atoms with Gasteiger partial charge in [0.1, 0.15) is 73.2 Å². The van der Waals surface area contributed by atoms with Crippen LogP contribution in [-0.2, 0) is 85.5 Å². The first-order valence-corrected chi connectivity index (χ1v) is 33.0. The van der Waals surface area contributed by atoms with E-state index in [1.165, 1.54) is 33.8 Å². The molecule has 6 aliphatic heterocycles. The maximum Gasteiger partial charge on any atom is 0.331 e. The molecule has 6 aliphatic rings. The third-order valence-corrected chi connectivity index (χ3v) is 18.2. The molecule has 1 aromatic rings. The summed E-state index contributed by atoms with van der Waals surface area (Å²) in [5, 5.41) is 91.6. The molecule has 2 unspecified atom stereocenters. The van der Waals surface area contributed by atoms with Crippen LogP contribution in [0.3, 0.4) is 0 Å². The fourth-order valence-electron chi connectivity index (χ4n) is 12.0. The van der Waals surface area contributed by atoms with Gasteiger partial charge in [-0.2, -0.15) is 0 Å². The molecule has 0 spiro atoms. The van der Waals surface area contributed by atoms with E-state index in [4.69, 9.17) is 66.3 Å². The number of aliphatic hydroxyl groups excluding tert-OH is 8. The lowest BCUT2D eigenvalue weighted by atomic mass is 9.95. The summed E-state index contributed by atoms with van der Waals surface area (Å²) in [4.78, 5) is 55.4. The second-order valence-corrected chi connectivity index (χ2v) is 25.2. The third kappa shape index (κ3) is 19.6. The number of carbonyl (C=O) groups excluding carboxylic acids is 4. The summed E-state index contributed by atoms with van der Waals surface area (Å²) in [6.07, 6.45) is -28.0. The van der Waals surface area contributed by atoms with Gasteiger partial charge >= 0.3 is 23.9 Å². The van der Waals surface area contributed by atoms with Gasteiger partial charge in [-0.05, 0) is 71.4 Å². The molecule has 518 valence electrons. The van der Waals surface area contributed by atoms with Crippen molar-refractivity contribution in [2.24, 2.45) is 11.8 Å². The van der Waals surface area contributed by atoms with Crippen LogP contribution in [-0.4, -0.2) is 231 Å². The van der Waals surface area contributed by atoms with Crippen LogP contribution in [0.2, 0.25) is 0 Å². The largest absolute Gasteiger partial charge is 0.456 e. The molecule has 0 amide bonds. The van der Waals surface area contributed by atoms with Gasteiger partial charge in [-0.1, -0.05) is 123 Å². The number of unbranched alkanes of at least 4 members (excludes halogenated alkanes) is 2. The molecule has 91 heavy (non-hydrogen) atoms. The number of hydrogen-bond acceptors (Lipinski definition) is 26. The summed E-state index contributed by atoms with van der Waals surface area (Å²) < 4.78 is 88.7. The summed E-state index contributed by atoms with van der Waals surface area (Å²) in [6, 6.07) is 8.84. The van der Waals surface area contributed by atoms with Crippen LogP contribution in [0.25, 0.3) is 6.08 Å². The maximum atomic E-state index is 14.3. The Morgan fingerprint density at radius 2 is 1.12 bits per heavy atom. The molecular formula is C65H102O26. The van der Waals surface area contributed by atoms with Crippen molar-refractivity contribution in [3.05, 3.63) is 42.0 Å². The molecule has 6 saturated heterocycles. The van der Waals surface area contributed by atoms with Crippen LogP contribution in [0.15, 0.2) is 36.4 Å².